The maximum absolute atomic E-state index is 13.1. The number of amides is 1. The van der Waals surface area contributed by atoms with Crippen molar-refractivity contribution >= 4 is 17.4 Å². The molecule has 0 radical (unpaired) electrons. The molecular weight excluding hydrogens is 392 g/mol. The van der Waals surface area contributed by atoms with Gasteiger partial charge in [0.25, 0.3) is 5.91 Å². The first-order valence-corrected chi connectivity index (χ1v) is 10.3. The van der Waals surface area contributed by atoms with Gasteiger partial charge in [-0.2, -0.15) is 0 Å². The molecule has 4 heterocycles. The minimum atomic E-state index is -0.893. The standard InChI is InChI=1S/C23H24N6O2/c1-27-11-5-8-18(27)22(31)26-23(17-6-3-2-4-7-17)9-12-28(16-19(23)30)21-15-24-14-20-25-10-13-29(20)21/h2-8,10-11,13-15,19,30H,9,12,16H2,1H3,(H,26,31)/t19-,23-/m1/s1. The molecule has 2 N–H and O–H groups in total. The maximum Gasteiger partial charge on any atom is 0.268 e. The molecule has 5 rings (SSSR count). The molecule has 1 saturated heterocycles. The molecule has 3 aromatic heterocycles. The van der Waals surface area contributed by atoms with Crippen LogP contribution < -0.4 is 10.2 Å². The van der Waals surface area contributed by atoms with Gasteiger partial charge in [-0.1, -0.05) is 30.3 Å². The summed E-state index contributed by atoms with van der Waals surface area (Å²) in [5.41, 5.74) is 1.31. The summed E-state index contributed by atoms with van der Waals surface area (Å²) in [7, 11) is 1.84. The lowest BCUT2D eigenvalue weighted by atomic mass is 9.78. The molecule has 1 aliphatic rings. The molecule has 8 nitrogen and oxygen atoms in total. The average molecular weight is 416 g/mol. The minimum absolute atomic E-state index is 0.206. The Labute approximate surface area is 179 Å². The van der Waals surface area contributed by atoms with Gasteiger partial charge in [0.05, 0.1) is 24.0 Å². The van der Waals surface area contributed by atoms with Gasteiger partial charge in [0.2, 0.25) is 0 Å². The number of aryl methyl sites for hydroxylation is 1. The quantitative estimate of drug-likeness (QED) is 0.531. The number of nitrogens with zero attached hydrogens (tertiary/aromatic N) is 5. The van der Waals surface area contributed by atoms with E-state index in [0.717, 1.165) is 17.0 Å². The molecule has 31 heavy (non-hydrogen) atoms. The third-order valence-corrected chi connectivity index (χ3v) is 6.16. The van der Waals surface area contributed by atoms with Gasteiger partial charge in [-0.3, -0.25) is 14.2 Å². The number of aliphatic hydroxyl groups is 1. The van der Waals surface area contributed by atoms with Crippen molar-refractivity contribution in [3.05, 3.63) is 84.7 Å². The van der Waals surface area contributed by atoms with E-state index >= 15 is 0 Å². The molecule has 158 valence electrons. The van der Waals surface area contributed by atoms with Crippen LogP contribution in [0.2, 0.25) is 0 Å². The summed E-state index contributed by atoms with van der Waals surface area (Å²) in [6.45, 7) is 0.986. The third kappa shape index (κ3) is 3.25. The highest BCUT2D eigenvalue weighted by Crippen LogP contribution is 2.35. The number of carbonyl (C=O) groups is 1. The van der Waals surface area contributed by atoms with E-state index in [1.807, 2.05) is 60.2 Å². The summed E-state index contributed by atoms with van der Waals surface area (Å²) in [5, 5.41) is 14.6. The third-order valence-electron chi connectivity index (χ3n) is 6.16. The van der Waals surface area contributed by atoms with Crippen LogP contribution >= 0.6 is 0 Å². The van der Waals surface area contributed by atoms with Gasteiger partial charge in [0.15, 0.2) is 5.65 Å². The molecule has 2 atom stereocenters. The molecule has 0 spiro atoms. The van der Waals surface area contributed by atoms with Crippen LogP contribution in [-0.4, -0.2) is 49.1 Å². The van der Waals surface area contributed by atoms with Crippen LogP contribution in [0.4, 0.5) is 5.82 Å². The number of aromatic nitrogens is 4. The first kappa shape index (κ1) is 19.3. The normalized spacial score (nSPS) is 21.4. The van der Waals surface area contributed by atoms with Crippen LogP contribution in [0.3, 0.4) is 0 Å². The highest BCUT2D eigenvalue weighted by atomic mass is 16.3. The number of fused-ring (bicyclic) bond motifs is 1. The zero-order chi connectivity index (χ0) is 21.4. The predicted octanol–water partition coefficient (Wildman–Crippen LogP) is 1.96. The highest BCUT2D eigenvalue weighted by Gasteiger charge is 2.45. The fourth-order valence-electron chi connectivity index (χ4n) is 4.47. The molecule has 0 saturated carbocycles. The van der Waals surface area contributed by atoms with Crippen LogP contribution in [0.25, 0.3) is 5.65 Å². The minimum Gasteiger partial charge on any atom is -0.388 e. The fraction of sp³-hybridized carbons (Fsp3) is 0.261. The zero-order valence-electron chi connectivity index (χ0n) is 17.2. The summed E-state index contributed by atoms with van der Waals surface area (Å²) < 4.78 is 3.73. The van der Waals surface area contributed by atoms with Crippen molar-refractivity contribution in [1.29, 1.82) is 0 Å². The Hall–Kier alpha value is -3.65. The number of nitrogens with one attached hydrogen (secondary N) is 1. The first-order valence-electron chi connectivity index (χ1n) is 10.3. The Bertz CT molecular complexity index is 1220. The Kier molecular flexibility index (Phi) is 4.71. The highest BCUT2D eigenvalue weighted by molar-refractivity contribution is 5.93. The SMILES string of the molecule is Cn1cccc1C(=O)N[C@@]1(c2ccccc2)CCN(c2cncc3nccn23)C[C@H]1O. The second-order valence-corrected chi connectivity index (χ2v) is 7.93. The van der Waals surface area contributed by atoms with Crippen molar-refractivity contribution in [3.8, 4) is 0 Å². The number of imidazole rings is 1. The topological polar surface area (TPSA) is 87.7 Å². The van der Waals surface area contributed by atoms with Gasteiger partial charge in [-0.25, -0.2) is 4.98 Å². The number of aliphatic hydroxyl groups excluding tert-OH is 1. The molecular formula is C23H24N6O2. The van der Waals surface area contributed by atoms with Crippen LogP contribution in [0.1, 0.15) is 22.5 Å². The number of anilines is 1. The lowest BCUT2D eigenvalue weighted by molar-refractivity contribution is 0.0360. The Morgan fingerprint density at radius 3 is 2.74 bits per heavy atom. The molecule has 1 amide bonds. The number of hydrogen-bond acceptors (Lipinski definition) is 5. The Balaban J connectivity index is 1.49. The Morgan fingerprint density at radius 2 is 2.00 bits per heavy atom. The monoisotopic (exact) mass is 416 g/mol. The number of piperidine rings is 1. The van der Waals surface area contributed by atoms with E-state index in [0.29, 0.717) is 25.2 Å². The Morgan fingerprint density at radius 1 is 1.16 bits per heavy atom. The summed E-state index contributed by atoms with van der Waals surface area (Å²) in [6, 6.07) is 13.3. The van der Waals surface area contributed by atoms with E-state index in [9.17, 15) is 9.90 Å². The number of hydrogen-bond donors (Lipinski definition) is 2. The lowest BCUT2D eigenvalue weighted by Gasteiger charge is -2.47. The average Bonchev–Trinajstić information content (AvgIpc) is 3.44. The van der Waals surface area contributed by atoms with Crippen LogP contribution in [0, 0.1) is 0 Å². The molecule has 8 heteroatoms. The van der Waals surface area contributed by atoms with Crippen molar-refractivity contribution in [1.82, 2.24) is 24.3 Å². The fourth-order valence-corrected chi connectivity index (χ4v) is 4.47. The number of rotatable bonds is 4. The van der Waals surface area contributed by atoms with Crippen LogP contribution in [0.15, 0.2) is 73.4 Å². The smallest absolute Gasteiger partial charge is 0.268 e. The molecule has 4 aromatic rings. The summed E-state index contributed by atoms with van der Waals surface area (Å²) in [5.74, 6) is 0.659. The van der Waals surface area contributed by atoms with E-state index < -0.39 is 11.6 Å². The van der Waals surface area contributed by atoms with E-state index in [1.165, 1.54) is 0 Å². The summed E-state index contributed by atoms with van der Waals surface area (Å²) >= 11 is 0. The molecule has 1 aromatic carbocycles. The van der Waals surface area contributed by atoms with Gasteiger partial charge in [0, 0.05) is 38.7 Å². The van der Waals surface area contributed by atoms with Gasteiger partial charge in [-0.05, 0) is 24.1 Å². The lowest BCUT2D eigenvalue weighted by Crippen LogP contribution is -2.62. The van der Waals surface area contributed by atoms with Gasteiger partial charge in [0.1, 0.15) is 11.5 Å². The second-order valence-electron chi connectivity index (χ2n) is 7.93. The van der Waals surface area contributed by atoms with Gasteiger partial charge < -0.3 is 19.9 Å². The molecule has 0 aliphatic carbocycles. The van der Waals surface area contributed by atoms with Crippen LogP contribution in [-0.2, 0) is 12.6 Å². The molecule has 0 unspecified atom stereocenters. The van der Waals surface area contributed by atoms with E-state index in [1.54, 1.807) is 29.2 Å². The number of benzene rings is 1. The van der Waals surface area contributed by atoms with Gasteiger partial charge >= 0.3 is 0 Å². The number of β-amino-alcohol motifs (C(OH)–C–C–N with tert-alkyl or cyclic N) is 1. The first-order chi connectivity index (χ1) is 15.1. The largest absolute Gasteiger partial charge is 0.388 e. The molecule has 0 bridgehead atoms. The second kappa shape index (κ2) is 7.55. The summed E-state index contributed by atoms with van der Waals surface area (Å²) in [6.07, 6.45) is 8.65. The molecule has 1 fully saturated rings. The predicted molar refractivity (Wildman–Crippen MR) is 117 cm³/mol. The summed E-state index contributed by atoms with van der Waals surface area (Å²) in [4.78, 5) is 23.8. The van der Waals surface area contributed by atoms with E-state index in [4.69, 9.17) is 0 Å². The van der Waals surface area contributed by atoms with Crippen LogP contribution in [0.5, 0.6) is 0 Å². The molecule has 1 aliphatic heterocycles. The maximum atomic E-state index is 13.1. The van der Waals surface area contributed by atoms with Crippen molar-refractivity contribution in [3.63, 3.8) is 0 Å². The zero-order valence-corrected chi connectivity index (χ0v) is 17.2. The van der Waals surface area contributed by atoms with Gasteiger partial charge in [-0.15, -0.1) is 0 Å². The van der Waals surface area contributed by atoms with Crippen molar-refractivity contribution < 1.29 is 9.90 Å². The van der Waals surface area contributed by atoms with Crippen molar-refractivity contribution in [2.24, 2.45) is 7.05 Å². The van der Waals surface area contributed by atoms with Crippen molar-refractivity contribution in [2.45, 2.75) is 18.1 Å². The number of carbonyl (C=O) groups excluding carboxylic acids is 1. The van der Waals surface area contributed by atoms with Crippen molar-refractivity contribution in [2.75, 3.05) is 18.0 Å². The van der Waals surface area contributed by atoms with E-state index in [-0.39, 0.29) is 5.91 Å². The van der Waals surface area contributed by atoms with E-state index in [2.05, 4.69) is 20.2 Å².